The van der Waals surface area contributed by atoms with Crippen molar-refractivity contribution in [3.05, 3.63) is 52.9 Å². The molecule has 4 heteroatoms. The Hall–Kier alpha value is -2.49. The van der Waals surface area contributed by atoms with Crippen LogP contribution in [0.4, 0.5) is 5.69 Å². The van der Waals surface area contributed by atoms with E-state index in [9.17, 15) is 14.8 Å². The maximum atomic E-state index is 10.9. The lowest BCUT2D eigenvalue weighted by Crippen LogP contribution is -1.87. The second kappa shape index (κ2) is 4.57. The molecule has 0 atom stereocenters. The SMILES string of the molecule is O=Cc1ccccc1-c1cc(N=O)ccc1O. The molecule has 0 aliphatic rings. The van der Waals surface area contributed by atoms with Crippen molar-refractivity contribution in [2.75, 3.05) is 0 Å². The quantitative estimate of drug-likeness (QED) is 0.646. The molecule has 0 aliphatic carbocycles. The smallest absolute Gasteiger partial charge is 0.150 e. The van der Waals surface area contributed by atoms with Crippen LogP contribution in [0.1, 0.15) is 10.4 Å². The molecule has 0 aromatic heterocycles. The summed E-state index contributed by atoms with van der Waals surface area (Å²) in [7, 11) is 0. The minimum absolute atomic E-state index is 0.00620. The standard InChI is InChI=1S/C13H9NO3/c15-8-9-3-1-2-4-11(9)12-7-10(14-17)5-6-13(12)16/h1-8,16H. The van der Waals surface area contributed by atoms with Gasteiger partial charge in [0, 0.05) is 11.1 Å². The van der Waals surface area contributed by atoms with Crippen molar-refractivity contribution < 1.29 is 9.90 Å². The first-order valence-corrected chi connectivity index (χ1v) is 4.97. The minimum Gasteiger partial charge on any atom is -0.507 e. The van der Waals surface area contributed by atoms with Crippen molar-refractivity contribution >= 4 is 12.0 Å². The van der Waals surface area contributed by atoms with Crippen LogP contribution in [0, 0.1) is 4.91 Å². The lowest BCUT2D eigenvalue weighted by Gasteiger charge is -2.07. The first-order valence-electron chi connectivity index (χ1n) is 4.97. The number of hydrogen-bond donors (Lipinski definition) is 1. The number of nitroso groups, excluding NO2 is 1. The van der Waals surface area contributed by atoms with Gasteiger partial charge in [-0.05, 0) is 28.9 Å². The van der Waals surface area contributed by atoms with Crippen molar-refractivity contribution in [2.24, 2.45) is 5.18 Å². The van der Waals surface area contributed by atoms with Gasteiger partial charge in [-0.3, -0.25) is 4.79 Å². The lowest BCUT2D eigenvalue weighted by molar-refractivity contribution is 0.112. The predicted octanol–water partition coefficient (Wildman–Crippen LogP) is 3.27. The average Bonchev–Trinajstić information content (AvgIpc) is 2.39. The van der Waals surface area contributed by atoms with Gasteiger partial charge < -0.3 is 5.11 Å². The van der Waals surface area contributed by atoms with Gasteiger partial charge in [0.15, 0.2) is 6.29 Å². The zero-order chi connectivity index (χ0) is 12.3. The first-order chi connectivity index (χ1) is 8.26. The number of aromatic hydroxyl groups is 1. The highest BCUT2D eigenvalue weighted by Gasteiger charge is 2.09. The molecule has 0 unspecified atom stereocenters. The molecule has 0 radical (unpaired) electrons. The molecule has 2 rings (SSSR count). The van der Waals surface area contributed by atoms with Gasteiger partial charge in [0.25, 0.3) is 0 Å². The number of phenols is 1. The van der Waals surface area contributed by atoms with Crippen LogP contribution in [0.3, 0.4) is 0 Å². The highest BCUT2D eigenvalue weighted by molar-refractivity contribution is 5.89. The van der Waals surface area contributed by atoms with Gasteiger partial charge in [0.05, 0.1) is 0 Å². The Balaban J connectivity index is 2.66. The summed E-state index contributed by atoms with van der Waals surface area (Å²) in [5.41, 5.74) is 1.65. The minimum atomic E-state index is 0.00620. The molecule has 0 spiro atoms. The molecule has 1 N–H and O–H groups in total. The maximum Gasteiger partial charge on any atom is 0.150 e. The normalized spacial score (nSPS) is 9.88. The van der Waals surface area contributed by atoms with Gasteiger partial charge in [-0.1, -0.05) is 24.3 Å². The van der Waals surface area contributed by atoms with Crippen molar-refractivity contribution in [3.8, 4) is 16.9 Å². The highest BCUT2D eigenvalue weighted by Crippen LogP contribution is 2.34. The fourth-order valence-electron chi connectivity index (χ4n) is 1.64. The Labute approximate surface area is 97.5 Å². The van der Waals surface area contributed by atoms with Crippen LogP contribution in [0.15, 0.2) is 47.6 Å². The molecule has 17 heavy (non-hydrogen) atoms. The van der Waals surface area contributed by atoms with Crippen molar-refractivity contribution in [3.63, 3.8) is 0 Å². The third kappa shape index (κ3) is 2.06. The molecule has 0 aliphatic heterocycles. The Morgan fingerprint density at radius 3 is 2.53 bits per heavy atom. The van der Waals surface area contributed by atoms with Crippen molar-refractivity contribution in [1.29, 1.82) is 0 Å². The first kappa shape index (κ1) is 11.0. The summed E-state index contributed by atoms with van der Waals surface area (Å²) in [6.45, 7) is 0. The molecule has 2 aromatic carbocycles. The van der Waals surface area contributed by atoms with Crippen molar-refractivity contribution in [1.82, 2.24) is 0 Å². The number of aldehydes is 1. The van der Waals surface area contributed by atoms with Gasteiger partial charge in [-0.2, -0.15) is 0 Å². The van der Waals surface area contributed by atoms with Gasteiger partial charge in [-0.15, -0.1) is 4.91 Å². The Morgan fingerprint density at radius 1 is 1.06 bits per heavy atom. The highest BCUT2D eigenvalue weighted by atomic mass is 16.3. The topological polar surface area (TPSA) is 66.7 Å². The van der Waals surface area contributed by atoms with E-state index in [1.165, 1.54) is 18.2 Å². The molecule has 4 nitrogen and oxygen atoms in total. The molecule has 0 bridgehead atoms. The number of phenolic OH excluding ortho intramolecular Hbond substituents is 1. The molecule has 0 amide bonds. The van der Waals surface area contributed by atoms with E-state index in [0.29, 0.717) is 23.0 Å². The van der Waals surface area contributed by atoms with Crippen LogP contribution < -0.4 is 0 Å². The second-order valence-electron chi connectivity index (χ2n) is 3.50. The van der Waals surface area contributed by atoms with E-state index in [1.807, 2.05) is 0 Å². The molecular formula is C13H9NO3. The summed E-state index contributed by atoms with van der Waals surface area (Å²) in [6.07, 6.45) is 0.704. The lowest BCUT2D eigenvalue weighted by atomic mass is 9.99. The molecule has 84 valence electrons. The number of nitrogens with zero attached hydrogens (tertiary/aromatic N) is 1. The second-order valence-corrected chi connectivity index (χ2v) is 3.50. The Bertz CT molecular complexity index is 579. The van der Waals surface area contributed by atoms with Gasteiger partial charge in [0.1, 0.15) is 11.4 Å². The van der Waals surface area contributed by atoms with E-state index >= 15 is 0 Å². The van der Waals surface area contributed by atoms with Crippen LogP contribution >= 0.6 is 0 Å². The molecule has 2 aromatic rings. The number of hydrogen-bond acceptors (Lipinski definition) is 4. The summed E-state index contributed by atoms with van der Waals surface area (Å²) in [4.78, 5) is 21.4. The Kier molecular flexibility index (Phi) is 2.96. The number of carbonyl (C=O) groups excluding carboxylic acids is 1. The van der Waals surface area contributed by atoms with E-state index < -0.39 is 0 Å². The number of carbonyl (C=O) groups is 1. The fourth-order valence-corrected chi connectivity index (χ4v) is 1.64. The van der Waals surface area contributed by atoms with Gasteiger partial charge >= 0.3 is 0 Å². The van der Waals surface area contributed by atoms with Crippen LogP contribution in [0.2, 0.25) is 0 Å². The van der Waals surface area contributed by atoms with E-state index in [4.69, 9.17) is 0 Å². The molecule has 0 saturated carbocycles. The largest absolute Gasteiger partial charge is 0.507 e. The summed E-state index contributed by atoms with van der Waals surface area (Å²) in [5, 5.41) is 12.5. The zero-order valence-corrected chi connectivity index (χ0v) is 8.83. The van der Waals surface area contributed by atoms with Crippen molar-refractivity contribution in [2.45, 2.75) is 0 Å². The van der Waals surface area contributed by atoms with Crippen LogP contribution in [-0.4, -0.2) is 11.4 Å². The number of benzene rings is 2. The summed E-state index contributed by atoms with van der Waals surface area (Å²) in [5.74, 6) is 0.00620. The van der Waals surface area contributed by atoms with E-state index in [0.717, 1.165) is 0 Å². The van der Waals surface area contributed by atoms with Crippen LogP contribution in [-0.2, 0) is 0 Å². The van der Waals surface area contributed by atoms with E-state index in [1.54, 1.807) is 24.3 Å². The predicted molar refractivity (Wildman–Crippen MR) is 64.4 cm³/mol. The third-order valence-corrected chi connectivity index (χ3v) is 2.46. The molecule has 0 saturated heterocycles. The van der Waals surface area contributed by atoms with Gasteiger partial charge in [0.2, 0.25) is 0 Å². The summed E-state index contributed by atoms with van der Waals surface area (Å²) in [6, 6.07) is 11.1. The van der Waals surface area contributed by atoms with Crippen LogP contribution in [0.25, 0.3) is 11.1 Å². The third-order valence-electron chi connectivity index (χ3n) is 2.46. The number of rotatable bonds is 3. The average molecular weight is 227 g/mol. The fraction of sp³-hybridized carbons (Fsp3) is 0. The summed E-state index contributed by atoms with van der Waals surface area (Å²) >= 11 is 0. The Morgan fingerprint density at radius 2 is 1.82 bits per heavy atom. The maximum absolute atomic E-state index is 10.9. The van der Waals surface area contributed by atoms with Gasteiger partial charge in [-0.25, -0.2) is 0 Å². The molecular weight excluding hydrogens is 218 g/mol. The summed E-state index contributed by atoms with van der Waals surface area (Å²) < 4.78 is 0. The molecule has 0 fully saturated rings. The van der Waals surface area contributed by atoms with E-state index in [2.05, 4.69) is 5.18 Å². The zero-order valence-electron chi connectivity index (χ0n) is 8.83. The molecule has 0 heterocycles. The van der Waals surface area contributed by atoms with E-state index in [-0.39, 0.29) is 11.4 Å². The monoisotopic (exact) mass is 227 g/mol. The van der Waals surface area contributed by atoms with Crippen LogP contribution in [0.5, 0.6) is 5.75 Å².